The summed E-state index contributed by atoms with van der Waals surface area (Å²) >= 11 is 3.38. The number of amides is 1. The van der Waals surface area contributed by atoms with Crippen LogP contribution in [0.15, 0.2) is 56.3 Å². The van der Waals surface area contributed by atoms with Crippen LogP contribution < -0.4 is 11.1 Å². The van der Waals surface area contributed by atoms with Gasteiger partial charge in [-0.25, -0.2) is 4.79 Å². The summed E-state index contributed by atoms with van der Waals surface area (Å²) in [5.74, 6) is -0.716. The molecule has 0 atom stereocenters. The number of carbonyl (C=O) groups excluding carboxylic acids is 2. The van der Waals surface area contributed by atoms with Gasteiger partial charge in [0.25, 0.3) is 5.91 Å². The molecule has 4 aromatic rings. The second kappa shape index (κ2) is 6.56. The van der Waals surface area contributed by atoms with Gasteiger partial charge in [-0.15, -0.1) is 0 Å². The monoisotopic (exact) mass is 452 g/mol. The smallest absolute Gasteiger partial charge is 0.335 e. The minimum absolute atomic E-state index is 0.0818. The van der Waals surface area contributed by atoms with Gasteiger partial charge in [0.15, 0.2) is 11.6 Å². The van der Waals surface area contributed by atoms with Crippen molar-refractivity contribution in [2.45, 2.75) is 13.0 Å². The predicted octanol–water partition coefficient (Wildman–Crippen LogP) is 3.59. The molecular weight excluding hydrogens is 440 g/mol. The number of anilines is 1. The van der Waals surface area contributed by atoms with Gasteiger partial charge in [0.2, 0.25) is 0 Å². The van der Waals surface area contributed by atoms with Crippen LogP contribution in [0.1, 0.15) is 27.3 Å². The van der Waals surface area contributed by atoms with Crippen LogP contribution in [0.2, 0.25) is 0 Å². The van der Waals surface area contributed by atoms with E-state index in [-0.39, 0.29) is 17.5 Å². The molecular formula is C20H13BrN4O4. The van der Waals surface area contributed by atoms with Gasteiger partial charge in [-0.2, -0.15) is 0 Å². The molecule has 0 aliphatic carbocycles. The Hall–Kier alpha value is -3.46. The standard InChI is InChI=1S/C20H13BrN4O4/c21-11-4-5-14(13(9-11)18-23-20(28)29-24-18)22-19(27)15-8-10-2-1-3-12-16(26)6-7-25(15)17(10)12/h1-5,8-9H,6-7H2,(H,22,27)(H,23,24,28). The molecule has 2 aromatic carbocycles. The zero-order valence-corrected chi connectivity index (χ0v) is 16.4. The third-order valence-corrected chi connectivity index (χ3v) is 5.43. The Labute approximate surface area is 171 Å². The molecule has 0 fully saturated rings. The third kappa shape index (κ3) is 2.90. The molecule has 0 spiro atoms. The van der Waals surface area contributed by atoms with Crippen LogP contribution in [0.5, 0.6) is 0 Å². The van der Waals surface area contributed by atoms with Crippen LogP contribution in [-0.2, 0) is 6.54 Å². The van der Waals surface area contributed by atoms with Gasteiger partial charge >= 0.3 is 5.76 Å². The number of nitrogens with one attached hydrogen (secondary N) is 2. The summed E-state index contributed by atoms with van der Waals surface area (Å²) in [5.41, 5.74) is 2.85. The quantitative estimate of drug-likeness (QED) is 0.493. The van der Waals surface area contributed by atoms with Crippen LogP contribution in [0, 0.1) is 0 Å². The molecule has 9 heteroatoms. The summed E-state index contributed by atoms with van der Waals surface area (Å²) in [6.45, 7) is 0.450. The SMILES string of the molecule is O=C1CCn2c(C(=O)Nc3ccc(Br)cc3-c3noc(=O)[nH]3)cc3cccc1c32. The van der Waals surface area contributed by atoms with E-state index < -0.39 is 5.76 Å². The van der Waals surface area contributed by atoms with Gasteiger partial charge in [0.05, 0.1) is 11.2 Å². The number of halogens is 1. The summed E-state index contributed by atoms with van der Waals surface area (Å²) in [4.78, 5) is 39.2. The predicted molar refractivity (Wildman–Crippen MR) is 109 cm³/mol. The first kappa shape index (κ1) is 17.6. The highest BCUT2D eigenvalue weighted by molar-refractivity contribution is 9.10. The number of Topliss-reactive ketones (excluding diaryl/α,β-unsaturated/α-hetero) is 1. The zero-order chi connectivity index (χ0) is 20.1. The van der Waals surface area contributed by atoms with E-state index >= 15 is 0 Å². The van der Waals surface area contributed by atoms with E-state index in [4.69, 9.17) is 0 Å². The van der Waals surface area contributed by atoms with Crippen LogP contribution in [0.3, 0.4) is 0 Å². The van der Waals surface area contributed by atoms with Crippen molar-refractivity contribution in [1.82, 2.24) is 14.7 Å². The second-order valence-corrected chi connectivity index (χ2v) is 7.60. The van der Waals surface area contributed by atoms with E-state index in [0.717, 1.165) is 15.4 Å². The highest BCUT2D eigenvalue weighted by atomic mass is 79.9. The Balaban J connectivity index is 1.58. The van der Waals surface area contributed by atoms with Crippen LogP contribution >= 0.6 is 15.9 Å². The van der Waals surface area contributed by atoms with E-state index in [1.807, 2.05) is 16.7 Å². The molecule has 0 saturated heterocycles. The largest absolute Gasteiger partial charge is 0.439 e. The number of aromatic amines is 1. The molecule has 2 N–H and O–H groups in total. The molecule has 3 heterocycles. The fourth-order valence-corrected chi connectivity index (χ4v) is 4.03. The van der Waals surface area contributed by atoms with Crippen molar-refractivity contribution < 1.29 is 14.1 Å². The molecule has 1 aliphatic rings. The van der Waals surface area contributed by atoms with E-state index in [0.29, 0.717) is 35.5 Å². The molecule has 5 rings (SSSR count). The van der Waals surface area contributed by atoms with Gasteiger partial charge in [-0.1, -0.05) is 33.2 Å². The van der Waals surface area contributed by atoms with Crippen molar-refractivity contribution in [3.8, 4) is 11.4 Å². The third-order valence-electron chi connectivity index (χ3n) is 4.94. The molecule has 144 valence electrons. The van der Waals surface area contributed by atoms with Crippen molar-refractivity contribution in [2.75, 3.05) is 5.32 Å². The van der Waals surface area contributed by atoms with Crippen molar-refractivity contribution in [1.29, 1.82) is 0 Å². The lowest BCUT2D eigenvalue weighted by Crippen LogP contribution is -2.21. The van der Waals surface area contributed by atoms with Gasteiger partial charge in [0.1, 0.15) is 5.69 Å². The minimum Gasteiger partial charge on any atom is -0.335 e. The van der Waals surface area contributed by atoms with Gasteiger partial charge < -0.3 is 9.88 Å². The zero-order valence-electron chi connectivity index (χ0n) is 14.9. The fourth-order valence-electron chi connectivity index (χ4n) is 3.67. The van der Waals surface area contributed by atoms with Gasteiger partial charge in [0, 0.05) is 34.0 Å². The molecule has 1 amide bonds. The van der Waals surface area contributed by atoms with Crippen molar-refractivity contribution in [3.05, 3.63) is 68.7 Å². The number of ketones is 1. The number of hydrogen-bond acceptors (Lipinski definition) is 5. The summed E-state index contributed by atoms with van der Waals surface area (Å²) in [6, 6.07) is 12.5. The van der Waals surface area contributed by atoms with Crippen LogP contribution in [0.4, 0.5) is 5.69 Å². The average molecular weight is 453 g/mol. The molecule has 8 nitrogen and oxygen atoms in total. The highest BCUT2D eigenvalue weighted by Crippen LogP contribution is 2.31. The first-order chi connectivity index (χ1) is 14.0. The number of benzene rings is 2. The molecule has 2 aromatic heterocycles. The van der Waals surface area contributed by atoms with E-state index in [1.54, 1.807) is 30.3 Å². The number of hydrogen-bond donors (Lipinski definition) is 2. The molecule has 1 aliphatic heterocycles. The molecule has 29 heavy (non-hydrogen) atoms. The summed E-state index contributed by atoms with van der Waals surface area (Å²) in [7, 11) is 0. The van der Waals surface area contributed by atoms with Crippen molar-refractivity contribution in [2.24, 2.45) is 0 Å². The Morgan fingerprint density at radius 3 is 2.83 bits per heavy atom. The Kier molecular flexibility index (Phi) is 3.99. The second-order valence-electron chi connectivity index (χ2n) is 6.69. The lowest BCUT2D eigenvalue weighted by molar-refractivity contribution is 0.0963. The maximum absolute atomic E-state index is 13.1. The topological polar surface area (TPSA) is 110 Å². The molecule has 0 radical (unpaired) electrons. The Bertz CT molecular complexity index is 1360. The number of rotatable bonds is 3. The van der Waals surface area contributed by atoms with Crippen LogP contribution in [-0.4, -0.2) is 26.4 Å². The molecule has 0 bridgehead atoms. The van der Waals surface area contributed by atoms with Gasteiger partial charge in [-0.3, -0.25) is 19.1 Å². The fraction of sp³-hybridized carbons (Fsp3) is 0.100. The molecule has 0 saturated carbocycles. The van der Waals surface area contributed by atoms with E-state index in [1.165, 1.54) is 0 Å². The maximum atomic E-state index is 13.1. The minimum atomic E-state index is -0.684. The van der Waals surface area contributed by atoms with Crippen LogP contribution in [0.25, 0.3) is 22.3 Å². The molecule has 0 unspecified atom stereocenters. The number of H-pyrrole nitrogens is 1. The summed E-state index contributed by atoms with van der Waals surface area (Å²) in [5, 5.41) is 7.44. The summed E-state index contributed by atoms with van der Waals surface area (Å²) in [6.07, 6.45) is 0.352. The average Bonchev–Trinajstić information content (AvgIpc) is 3.31. The number of nitrogens with zero attached hydrogens (tertiary/aromatic N) is 2. The van der Waals surface area contributed by atoms with E-state index in [2.05, 4.69) is 35.9 Å². The number of carbonyl (C=O) groups is 2. The maximum Gasteiger partial charge on any atom is 0.439 e. The normalized spacial score (nSPS) is 13.1. The lowest BCUT2D eigenvalue weighted by Gasteiger charge is -2.17. The number of aromatic nitrogens is 3. The van der Waals surface area contributed by atoms with Crippen molar-refractivity contribution >= 4 is 44.2 Å². The Morgan fingerprint density at radius 1 is 1.17 bits per heavy atom. The van der Waals surface area contributed by atoms with Gasteiger partial charge in [-0.05, 0) is 30.3 Å². The number of para-hydroxylation sites is 1. The highest BCUT2D eigenvalue weighted by Gasteiger charge is 2.25. The first-order valence-electron chi connectivity index (χ1n) is 8.84. The Morgan fingerprint density at radius 2 is 2.03 bits per heavy atom. The van der Waals surface area contributed by atoms with Crippen molar-refractivity contribution in [3.63, 3.8) is 0 Å². The summed E-state index contributed by atoms with van der Waals surface area (Å²) < 4.78 is 7.21. The van der Waals surface area contributed by atoms with E-state index in [9.17, 15) is 14.4 Å². The lowest BCUT2D eigenvalue weighted by atomic mass is 10.0. The first-order valence-corrected chi connectivity index (χ1v) is 9.63. The number of aryl methyl sites for hydroxylation is 1.